The Kier molecular flexibility index (Phi) is 4.71. The van der Waals surface area contributed by atoms with Gasteiger partial charge in [-0.2, -0.15) is 5.26 Å². The van der Waals surface area contributed by atoms with Gasteiger partial charge in [0.2, 0.25) is 5.91 Å². The summed E-state index contributed by atoms with van der Waals surface area (Å²) in [4.78, 5) is 48.6. The first-order chi connectivity index (χ1) is 11.0. The first-order valence-corrected chi connectivity index (χ1v) is 6.76. The van der Waals surface area contributed by atoms with E-state index < -0.39 is 36.3 Å². The molecular weight excluding hydrogens is 302 g/mol. The lowest BCUT2D eigenvalue weighted by molar-refractivity contribution is -0.147. The normalized spacial score (nSPS) is 14.1. The van der Waals surface area contributed by atoms with Gasteiger partial charge in [-0.25, -0.2) is 4.79 Å². The van der Waals surface area contributed by atoms with E-state index >= 15 is 0 Å². The van der Waals surface area contributed by atoms with Gasteiger partial charge in [0.15, 0.2) is 6.61 Å². The Morgan fingerprint density at radius 2 is 1.78 bits per heavy atom. The molecule has 1 unspecified atom stereocenters. The first-order valence-electron chi connectivity index (χ1n) is 6.76. The van der Waals surface area contributed by atoms with Gasteiger partial charge in [0.05, 0.1) is 11.1 Å². The zero-order valence-electron chi connectivity index (χ0n) is 12.0. The quantitative estimate of drug-likeness (QED) is 0.580. The molecule has 0 aromatic heterocycles. The summed E-state index contributed by atoms with van der Waals surface area (Å²) < 4.78 is 4.70. The molecule has 1 aromatic rings. The Hall–Kier alpha value is -3.21. The van der Waals surface area contributed by atoms with Crippen molar-refractivity contribution < 1.29 is 23.9 Å². The topological polar surface area (TPSA) is 131 Å². The minimum atomic E-state index is -1.30. The number of ether oxygens (including phenoxy) is 1. The van der Waals surface area contributed by atoms with Crippen molar-refractivity contribution in [1.82, 2.24) is 4.90 Å². The maximum atomic E-state index is 12.4. The monoisotopic (exact) mass is 315 g/mol. The molecule has 8 nitrogen and oxygen atoms in total. The maximum Gasteiger partial charge on any atom is 0.330 e. The fraction of sp³-hybridized carbons (Fsp3) is 0.267. The molecule has 0 saturated carbocycles. The van der Waals surface area contributed by atoms with E-state index in [-0.39, 0.29) is 24.0 Å². The second-order valence-corrected chi connectivity index (χ2v) is 4.81. The second kappa shape index (κ2) is 6.70. The molecule has 0 spiro atoms. The van der Waals surface area contributed by atoms with Gasteiger partial charge in [-0.1, -0.05) is 12.1 Å². The maximum absolute atomic E-state index is 12.4. The van der Waals surface area contributed by atoms with Gasteiger partial charge >= 0.3 is 5.97 Å². The third kappa shape index (κ3) is 3.18. The minimum Gasteiger partial charge on any atom is -0.449 e. The number of imide groups is 1. The van der Waals surface area contributed by atoms with Crippen LogP contribution in [0.3, 0.4) is 0 Å². The van der Waals surface area contributed by atoms with Crippen molar-refractivity contribution in [2.45, 2.75) is 18.9 Å². The molecular formula is C15H13N3O5. The van der Waals surface area contributed by atoms with Crippen LogP contribution >= 0.6 is 0 Å². The number of fused-ring (bicyclic) bond motifs is 1. The van der Waals surface area contributed by atoms with E-state index in [2.05, 4.69) is 0 Å². The molecule has 1 aliphatic heterocycles. The van der Waals surface area contributed by atoms with Crippen LogP contribution in [0.1, 0.15) is 33.6 Å². The molecule has 8 heteroatoms. The predicted molar refractivity (Wildman–Crippen MR) is 75.7 cm³/mol. The number of nitrogens with two attached hydrogens (primary N) is 1. The molecule has 2 N–H and O–H groups in total. The van der Waals surface area contributed by atoms with Crippen LogP contribution in [0.25, 0.3) is 0 Å². The van der Waals surface area contributed by atoms with E-state index in [1.54, 1.807) is 18.2 Å². The molecule has 0 bridgehead atoms. The first kappa shape index (κ1) is 16.2. The van der Waals surface area contributed by atoms with E-state index in [1.807, 2.05) is 0 Å². The molecule has 0 radical (unpaired) electrons. The number of carbonyl (C=O) groups is 4. The SMILES string of the molecule is N#CCOC(=O)C(CCC(N)=O)N1C(=O)c2ccccc2C1=O. The molecule has 23 heavy (non-hydrogen) atoms. The van der Waals surface area contributed by atoms with Crippen molar-refractivity contribution in [2.75, 3.05) is 6.61 Å². The zero-order valence-corrected chi connectivity index (χ0v) is 12.0. The number of amides is 3. The van der Waals surface area contributed by atoms with E-state index in [4.69, 9.17) is 15.7 Å². The van der Waals surface area contributed by atoms with Crippen LogP contribution < -0.4 is 5.73 Å². The summed E-state index contributed by atoms with van der Waals surface area (Å²) in [5, 5.41) is 8.48. The molecule has 1 aromatic carbocycles. The Balaban J connectivity index is 2.30. The molecule has 2 rings (SSSR count). The lowest BCUT2D eigenvalue weighted by atomic mass is 10.1. The van der Waals surface area contributed by atoms with E-state index in [0.717, 1.165) is 4.90 Å². The van der Waals surface area contributed by atoms with Crippen LogP contribution in [-0.4, -0.2) is 41.2 Å². The number of primary amides is 1. The van der Waals surface area contributed by atoms with Crippen molar-refractivity contribution in [3.8, 4) is 6.07 Å². The fourth-order valence-electron chi connectivity index (χ4n) is 2.32. The van der Waals surface area contributed by atoms with Gasteiger partial charge in [0.25, 0.3) is 11.8 Å². The summed E-state index contributed by atoms with van der Waals surface area (Å²) in [6.07, 6.45) is -0.370. The number of esters is 1. The largest absolute Gasteiger partial charge is 0.449 e. The summed E-state index contributed by atoms with van der Waals surface area (Å²) in [5.41, 5.74) is 5.41. The van der Waals surface area contributed by atoms with Crippen LogP contribution in [0.15, 0.2) is 24.3 Å². The lowest BCUT2D eigenvalue weighted by Gasteiger charge is -2.23. The summed E-state index contributed by atoms with van der Waals surface area (Å²) in [6.45, 7) is -0.519. The molecule has 1 heterocycles. The van der Waals surface area contributed by atoms with Crippen LogP contribution in [0.2, 0.25) is 0 Å². The lowest BCUT2D eigenvalue weighted by Crippen LogP contribution is -2.46. The number of hydrogen-bond donors (Lipinski definition) is 1. The molecule has 1 aliphatic rings. The summed E-state index contributed by atoms with van der Waals surface area (Å²) in [5.74, 6) is -2.90. The van der Waals surface area contributed by atoms with Crippen molar-refractivity contribution in [1.29, 1.82) is 5.26 Å². The number of hydrogen-bond acceptors (Lipinski definition) is 6. The van der Waals surface area contributed by atoms with E-state index in [1.165, 1.54) is 12.1 Å². The zero-order chi connectivity index (χ0) is 17.0. The molecule has 118 valence electrons. The van der Waals surface area contributed by atoms with E-state index in [9.17, 15) is 19.2 Å². The number of carbonyl (C=O) groups excluding carboxylic acids is 4. The highest BCUT2D eigenvalue weighted by Gasteiger charge is 2.43. The second-order valence-electron chi connectivity index (χ2n) is 4.81. The van der Waals surface area contributed by atoms with Crippen molar-refractivity contribution in [3.63, 3.8) is 0 Å². The fourth-order valence-corrected chi connectivity index (χ4v) is 2.32. The average molecular weight is 315 g/mol. The van der Waals surface area contributed by atoms with Crippen LogP contribution in [0.4, 0.5) is 0 Å². The van der Waals surface area contributed by atoms with Crippen LogP contribution in [0.5, 0.6) is 0 Å². The third-order valence-electron chi connectivity index (χ3n) is 3.35. The summed E-state index contributed by atoms with van der Waals surface area (Å²) >= 11 is 0. The molecule has 0 fully saturated rings. The smallest absolute Gasteiger partial charge is 0.330 e. The van der Waals surface area contributed by atoms with Crippen molar-refractivity contribution >= 4 is 23.7 Å². The predicted octanol–water partition coefficient (Wildman–Crippen LogP) is -0.0165. The van der Waals surface area contributed by atoms with Gasteiger partial charge in [-0.05, 0) is 18.6 Å². The average Bonchev–Trinajstić information content (AvgIpc) is 2.78. The molecule has 3 amide bonds. The Bertz CT molecular complexity index is 687. The number of rotatable bonds is 6. The molecule has 1 atom stereocenters. The Labute approximate surface area is 131 Å². The van der Waals surface area contributed by atoms with Crippen LogP contribution in [0, 0.1) is 11.3 Å². The standard InChI is InChI=1S/C15H13N3O5/c16-7-8-23-15(22)11(5-6-12(17)19)18-13(20)9-3-1-2-4-10(9)14(18)21/h1-4,11H,5-6,8H2,(H2,17,19). The highest BCUT2D eigenvalue weighted by Crippen LogP contribution is 2.26. The Morgan fingerprint density at radius 3 is 2.26 bits per heavy atom. The minimum absolute atomic E-state index is 0.162. The van der Waals surface area contributed by atoms with Gasteiger partial charge < -0.3 is 10.5 Å². The van der Waals surface area contributed by atoms with Crippen LogP contribution in [-0.2, 0) is 14.3 Å². The van der Waals surface area contributed by atoms with Gasteiger partial charge in [-0.3, -0.25) is 19.3 Å². The highest BCUT2D eigenvalue weighted by atomic mass is 16.5. The number of benzene rings is 1. The van der Waals surface area contributed by atoms with Crippen molar-refractivity contribution in [2.24, 2.45) is 5.73 Å². The third-order valence-corrected chi connectivity index (χ3v) is 3.35. The summed E-state index contributed by atoms with van der Waals surface area (Å²) in [6, 6.07) is 6.46. The van der Waals surface area contributed by atoms with Gasteiger partial charge in [0.1, 0.15) is 12.1 Å². The van der Waals surface area contributed by atoms with Gasteiger partial charge in [-0.15, -0.1) is 0 Å². The number of nitriles is 1. The Morgan fingerprint density at radius 1 is 1.22 bits per heavy atom. The highest BCUT2D eigenvalue weighted by molar-refractivity contribution is 6.22. The van der Waals surface area contributed by atoms with Gasteiger partial charge in [0, 0.05) is 6.42 Å². The number of nitrogens with zero attached hydrogens (tertiary/aromatic N) is 2. The molecule has 0 aliphatic carbocycles. The van der Waals surface area contributed by atoms with E-state index in [0.29, 0.717) is 0 Å². The molecule has 0 saturated heterocycles. The van der Waals surface area contributed by atoms with Crippen molar-refractivity contribution in [3.05, 3.63) is 35.4 Å². The summed E-state index contributed by atoms with van der Waals surface area (Å²) in [7, 11) is 0.